The maximum atomic E-state index is 13.8. The summed E-state index contributed by atoms with van der Waals surface area (Å²) in [5.74, 6) is -2.76. The Bertz CT molecular complexity index is 1580. The number of carboxylic acid groups (broad SMARTS) is 1. The Labute approximate surface area is 249 Å². The number of sulfonamides is 1. The van der Waals surface area contributed by atoms with Crippen LogP contribution in [0.15, 0.2) is 107 Å². The predicted molar refractivity (Wildman–Crippen MR) is 152 cm³/mol. The van der Waals surface area contributed by atoms with Gasteiger partial charge in [0.05, 0.1) is 34.3 Å². The van der Waals surface area contributed by atoms with Crippen molar-refractivity contribution in [2.75, 3.05) is 6.54 Å². The lowest BCUT2D eigenvalue weighted by Crippen LogP contribution is -2.43. The van der Waals surface area contributed by atoms with Gasteiger partial charge >= 0.3 is 12.1 Å². The van der Waals surface area contributed by atoms with E-state index in [1.807, 2.05) is 0 Å². The molecule has 0 saturated heterocycles. The minimum absolute atomic E-state index is 0.0571. The summed E-state index contributed by atoms with van der Waals surface area (Å²) in [7, 11) is -4.23. The van der Waals surface area contributed by atoms with Crippen LogP contribution in [0.4, 0.5) is 13.2 Å². The van der Waals surface area contributed by atoms with E-state index >= 15 is 0 Å². The zero-order valence-corrected chi connectivity index (χ0v) is 24.3. The number of carbonyl (C=O) groups is 1. The molecule has 0 bridgehead atoms. The second kappa shape index (κ2) is 13.6. The van der Waals surface area contributed by atoms with Crippen LogP contribution in [-0.2, 0) is 34.1 Å². The van der Waals surface area contributed by atoms with Crippen molar-refractivity contribution in [1.29, 1.82) is 0 Å². The van der Waals surface area contributed by atoms with Crippen LogP contribution < -0.4 is 5.32 Å². The van der Waals surface area contributed by atoms with E-state index in [-0.39, 0.29) is 23.5 Å². The first-order chi connectivity index (χ1) is 19.9. The third-order valence-corrected chi connectivity index (χ3v) is 8.82. The third-order valence-electron chi connectivity index (χ3n) is 6.46. The van der Waals surface area contributed by atoms with Gasteiger partial charge in [-0.25, -0.2) is 8.42 Å². The van der Waals surface area contributed by atoms with Crippen molar-refractivity contribution in [2.24, 2.45) is 5.92 Å². The number of aliphatic carboxylic acids is 1. The topological polar surface area (TPSA) is 112 Å². The molecule has 0 radical (unpaired) electrons. The number of aromatic nitrogens is 2. The Hall–Kier alpha value is -3.65. The van der Waals surface area contributed by atoms with Crippen LogP contribution >= 0.6 is 15.9 Å². The summed E-state index contributed by atoms with van der Waals surface area (Å²) in [6, 6.07) is 19.1. The summed E-state index contributed by atoms with van der Waals surface area (Å²) in [6.07, 6.45) is -1.54. The molecule has 4 rings (SSSR count). The van der Waals surface area contributed by atoms with Crippen molar-refractivity contribution in [1.82, 2.24) is 19.6 Å². The number of hydrogen-bond donors (Lipinski definition) is 2. The summed E-state index contributed by atoms with van der Waals surface area (Å²) in [4.78, 5) is 21.1. The number of hydrogen-bond acceptors (Lipinski definition) is 6. The molecule has 0 aliphatic carbocycles. The Balaban J connectivity index is 1.75. The molecule has 0 aliphatic heterocycles. The van der Waals surface area contributed by atoms with Crippen LogP contribution in [-0.4, -0.2) is 40.3 Å². The lowest BCUT2D eigenvalue weighted by molar-refractivity contribution is -0.143. The number of nitrogens with zero attached hydrogens (tertiary/aromatic N) is 3. The number of pyridine rings is 2. The Morgan fingerprint density at radius 3 is 2.02 bits per heavy atom. The molecule has 4 aromatic rings. The molecule has 2 N–H and O–H groups in total. The highest BCUT2D eigenvalue weighted by Crippen LogP contribution is 2.32. The predicted octanol–water partition coefficient (Wildman–Crippen LogP) is 5.68. The van der Waals surface area contributed by atoms with Gasteiger partial charge in [0.15, 0.2) is 0 Å². The molecule has 0 amide bonds. The second-order valence-corrected chi connectivity index (χ2v) is 12.2. The fraction of sp³-hybridized carbons (Fsp3) is 0.207. The largest absolute Gasteiger partial charge is 0.481 e. The molecule has 0 fully saturated rings. The molecule has 2 aromatic heterocycles. The fourth-order valence-corrected chi connectivity index (χ4v) is 6.01. The Morgan fingerprint density at radius 1 is 0.905 bits per heavy atom. The van der Waals surface area contributed by atoms with Gasteiger partial charge in [-0.3, -0.25) is 14.8 Å². The Kier molecular flexibility index (Phi) is 10.1. The number of alkyl halides is 3. The number of carboxylic acids is 1. The lowest BCUT2D eigenvalue weighted by Gasteiger charge is -2.31. The van der Waals surface area contributed by atoms with Gasteiger partial charge in [-0.15, -0.1) is 0 Å². The molecular formula is C29H26BrF3N4O4S. The molecule has 2 aromatic carbocycles. The van der Waals surface area contributed by atoms with E-state index in [9.17, 15) is 31.5 Å². The minimum atomic E-state index is -4.58. The van der Waals surface area contributed by atoms with Crippen molar-refractivity contribution in [2.45, 2.75) is 30.2 Å². The molecule has 2 atom stereocenters. The normalized spacial score (nSPS) is 13.5. The second-order valence-electron chi connectivity index (χ2n) is 9.32. The monoisotopic (exact) mass is 662 g/mol. The van der Waals surface area contributed by atoms with Crippen molar-refractivity contribution in [3.05, 3.63) is 124 Å². The number of benzene rings is 2. The van der Waals surface area contributed by atoms with E-state index in [4.69, 9.17) is 0 Å². The molecule has 2 unspecified atom stereocenters. The molecule has 220 valence electrons. The van der Waals surface area contributed by atoms with Gasteiger partial charge in [-0.05, 0) is 66.2 Å². The zero-order valence-electron chi connectivity index (χ0n) is 21.9. The van der Waals surface area contributed by atoms with Crippen LogP contribution in [0, 0.1) is 5.92 Å². The van der Waals surface area contributed by atoms with E-state index < -0.39 is 46.2 Å². The Morgan fingerprint density at radius 2 is 1.50 bits per heavy atom. The summed E-state index contributed by atoms with van der Waals surface area (Å²) >= 11 is 3.28. The van der Waals surface area contributed by atoms with E-state index in [2.05, 4.69) is 31.2 Å². The minimum Gasteiger partial charge on any atom is -0.481 e. The molecule has 0 spiro atoms. The highest BCUT2D eigenvalue weighted by Gasteiger charge is 2.37. The lowest BCUT2D eigenvalue weighted by atomic mass is 9.91. The standard InChI is InChI=1S/C29H26BrF3N4O4S/c30-22-11-13-25(14-12-22)42(40,41)37(18-24-6-2-4-16-35-24)19-26(28(38)39)27(36-17-23-5-1-3-15-34-23)20-7-9-21(10-8-20)29(31,32)33/h1-16,26-27,36H,17-19H2,(H,38,39). The van der Waals surface area contributed by atoms with E-state index in [0.717, 1.165) is 16.4 Å². The summed E-state index contributed by atoms with van der Waals surface area (Å²) in [5, 5.41) is 13.5. The number of halogens is 4. The molecule has 42 heavy (non-hydrogen) atoms. The molecule has 8 nitrogen and oxygen atoms in total. The molecule has 0 aliphatic rings. The zero-order chi connectivity index (χ0) is 30.3. The maximum Gasteiger partial charge on any atom is 0.416 e. The summed E-state index contributed by atoms with van der Waals surface area (Å²) in [6.45, 7) is -0.662. The highest BCUT2D eigenvalue weighted by atomic mass is 79.9. The van der Waals surface area contributed by atoms with Crippen molar-refractivity contribution >= 4 is 31.9 Å². The van der Waals surface area contributed by atoms with E-state index in [1.165, 1.54) is 30.5 Å². The van der Waals surface area contributed by atoms with Crippen molar-refractivity contribution < 1.29 is 31.5 Å². The molecule has 13 heteroatoms. The van der Waals surface area contributed by atoms with Crippen molar-refractivity contribution in [3.8, 4) is 0 Å². The first kappa shape index (κ1) is 31.3. The van der Waals surface area contributed by atoms with Gasteiger partial charge in [0.1, 0.15) is 0 Å². The van der Waals surface area contributed by atoms with Crippen LogP contribution in [0.3, 0.4) is 0 Å². The first-order valence-electron chi connectivity index (χ1n) is 12.6. The maximum absolute atomic E-state index is 13.8. The van der Waals surface area contributed by atoms with Gasteiger partial charge in [-0.1, -0.05) is 40.2 Å². The smallest absolute Gasteiger partial charge is 0.416 e. The van der Waals surface area contributed by atoms with Crippen LogP contribution in [0.1, 0.15) is 28.6 Å². The fourth-order valence-electron chi connectivity index (χ4n) is 4.31. The highest BCUT2D eigenvalue weighted by molar-refractivity contribution is 9.10. The van der Waals surface area contributed by atoms with Crippen LogP contribution in [0.2, 0.25) is 0 Å². The number of rotatable bonds is 12. The van der Waals surface area contributed by atoms with Gasteiger partial charge < -0.3 is 10.4 Å². The molecule has 2 heterocycles. The van der Waals surface area contributed by atoms with Gasteiger partial charge in [-0.2, -0.15) is 17.5 Å². The molecular weight excluding hydrogens is 637 g/mol. The van der Waals surface area contributed by atoms with Crippen LogP contribution in [0.25, 0.3) is 0 Å². The summed E-state index contributed by atoms with van der Waals surface area (Å²) in [5.41, 5.74) is 0.294. The van der Waals surface area contributed by atoms with Gasteiger partial charge in [0, 0.05) is 36.0 Å². The van der Waals surface area contributed by atoms with Gasteiger partial charge in [0.25, 0.3) is 0 Å². The van der Waals surface area contributed by atoms with Crippen LogP contribution in [0.5, 0.6) is 0 Å². The number of nitrogens with one attached hydrogen (secondary N) is 1. The SMILES string of the molecule is O=C(O)C(CN(Cc1ccccn1)S(=O)(=O)c1ccc(Br)cc1)C(NCc1ccccn1)c1ccc(C(F)(F)F)cc1. The third kappa shape index (κ3) is 8.00. The van der Waals surface area contributed by atoms with E-state index in [0.29, 0.717) is 15.9 Å². The summed E-state index contributed by atoms with van der Waals surface area (Å²) < 4.78 is 69.2. The first-order valence-corrected chi connectivity index (χ1v) is 14.9. The van der Waals surface area contributed by atoms with Crippen molar-refractivity contribution in [3.63, 3.8) is 0 Å². The molecule has 0 saturated carbocycles. The average Bonchev–Trinajstić information content (AvgIpc) is 2.97. The quantitative estimate of drug-likeness (QED) is 0.201. The van der Waals surface area contributed by atoms with Gasteiger partial charge in [0.2, 0.25) is 10.0 Å². The van der Waals surface area contributed by atoms with E-state index in [1.54, 1.807) is 54.7 Å². The average molecular weight is 664 g/mol.